The van der Waals surface area contributed by atoms with Gasteiger partial charge < -0.3 is 5.32 Å². The van der Waals surface area contributed by atoms with Gasteiger partial charge in [0.1, 0.15) is 0 Å². The Hall–Kier alpha value is -1.90. The van der Waals surface area contributed by atoms with Crippen molar-refractivity contribution in [3.8, 4) is 0 Å². The molecule has 3 heteroatoms. The number of allylic oxidation sites excluding steroid dienone is 2. The van der Waals surface area contributed by atoms with E-state index in [4.69, 9.17) is 0 Å². The maximum absolute atomic E-state index is 11.5. The Morgan fingerprint density at radius 2 is 2.06 bits per heavy atom. The summed E-state index contributed by atoms with van der Waals surface area (Å²) in [5, 5.41) is 3.26. The van der Waals surface area contributed by atoms with Crippen LogP contribution in [0.5, 0.6) is 0 Å². The second-order valence-corrected chi connectivity index (χ2v) is 4.65. The van der Waals surface area contributed by atoms with Crippen LogP contribution in [0, 0.1) is 6.92 Å². The van der Waals surface area contributed by atoms with Crippen molar-refractivity contribution in [2.45, 2.75) is 33.1 Å². The van der Waals surface area contributed by atoms with Crippen molar-refractivity contribution >= 4 is 17.3 Å². The zero-order valence-electron chi connectivity index (χ0n) is 10.7. The fraction of sp³-hybridized carbons (Fsp3) is 0.333. The van der Waals surface area contributed by atoms with Crippen molar-refractivity contribution in [3.63, 3.8) is 0 Å². The summed E-state index contributed by atoms with van der Waals surface area (Å²) in [6.07, 6.45) is 4.08. The van der Waals surface area contributed by atoms with Gasteiger partial charge in [-0.2, -0.15) is 0 Å². The number of Topliss-reactive ketones (excluding diaryl/α,β-unsaturated/α-hetero) is 1. The molecule has 94 valence electrons. The van der Waals surface area contributed by atoms with Crippen molar-refractivity contribution in [3.05, 3.63) is 41.1 Å². The maximum atomic E-state index is 11.5. The first-order valence-corrected chi connectivity index (χ1v) is 6.19. The molecule has 0 aliphatic heterocycles. The molecule has 0 saturated heterocycles. The van der Waals surface area contributed by atoms with Crippen LogP contribution in [-0.4, -0.2) is 11.6 Å². The van der Waals surface area contributed by atoms with Crippen LogP contribution in [0.1, 0.15) is 42.1 Å². The molecule has 1 aromatic carbocycles. The topological polar surface area (TPSA) is 46.2 Å². The monoisotopic (exact) mass is 243 g/mol. The largest absolute Gasteiger partial charge is 0.359 e. The van der Waals surface area contributed by atoms with E-state index in [1.165, 1.54) is 0 Å². The Morgan fingerprint density at radius 3 is 2.72 bits per heavy atom. The Bertz CT molecular complexity index is 529. The van der Waals surface area contributed by atoms with Crippen LogP contribution >= 0.6 is 0 Å². The molecule has 0 bridgehead atoms. The lowest BCUT2D eigenvalue weighted by molar-refractivity contribution is -0.115. The van der Waals surface area contributed by atoms with Gasteiger partial charge in [-0.3, -0.25) is 9.59 Å². The predicted molar refractivity (Wildman–Crippen MR) is 71.7 cm³/mol. The first-order chi connectivity index (χ1) is 8.58. The fourth-order valence-corrected chi connectivity index (χ4v) is 2.22. The van der Waals surface area contributed by atoms with E-state index in [0.717, 1.165) is 35.4 Å². The number of hydrogen-bond acceptors (Lipinski definition) is 3. The van der Waals surface area contributed by atoms with Gasteiger partial charge in [0.25, 0.3) is 0 Å². The van der Waals surface area contributed by atoms with Crippen LogP contribution in [0.25, 0.3) is 0 Å². The van der Waals surface area contributed by atoms with Crippen LogP contribution in [0.3, 0.4) is 0 Å². The van der Waals surface area contributed by atoms with E-state index in [9.17, 15) is 9.59 Å². The number of ketones is 2. The van der Waals surface area contributed by atoms with Crippen molar-refractivity contribution < 1.29 is 9.59 Å². The quantitative estimate of drug-likeness (QED) is 0.829. The molecule has 0 saturated carbocycles. The lowest BCUT2D eigenvalue weighted by Crippen LogP contribution is -2.10. The second kappa shape index (κ2) is 5.17. The zero-order chi connectivity index (χ0) is 13.1. The maximum Gasteiger partial charge on any atom is 0.160 e. The van der Waals surface area contributed by atoms with Crippen molar-refractivity contribution in [2.24, 2.45) is 0 Å². The third-order valence-electron chi connectivity index (χ3n) is 3.21. The molecule has 3 nitrogen and oxygen atoms in total. The molecule has 0 aromatic heterocycles. The van der Waals surface area contributed by atoms with E-state index in [0.29, 0.717) is 6.42 Å². The molecule has 1 N–H and O–H groups in total. The fourth-order valence-electron chi connectivity index (χ4n) is 2.22. The molecule has 1 aliphatic rings. The average molecular weight is 243 g/mol. The van der Waals surface area contributed by atoms with Crippen LogP contribution in [0.4, 0.5) is 5.69 Å². The number of benzene rings is 1. The highest BCUT2D eigenvalue weighted by atomic mass is 16.1. The highest BCUT2D eigenvalue weighted by molar-refractivity contribution is 5.97. The molecular weight excluding hydrogens is 226 g/mol. The highest BCUT2D eigenvalue weighted by Gasteiger charge is 2.12. The number of anilines is 1. The molecule has 0 spiro atoms. The SMILES string of the molecule is CC(=O)c1cccc(NC2=CC(=O)CCC2)c1C. The van der Waals surface area contributed by atoms with E-state index < -0.39 is 0 Å². The zero-order valence-corrected chi connectivity index (χ0v) is 10.7. The molecule has 18 heavy (non-hydrogen) atoms. The predicted octanol–water partition coefficient (Wildman–Crippen LogP) is 3.25. The van der Waals surface area contributed by atoms with Gasteiger partial charge in [0.2, 0.25) is 0 Å². The van der Waals surface area contributed by atoms with Gasteiger partial charge in [-0.15, -0.1) is 0 Å². The van der Waals surface area contributed by atoms with E-state index in [1.807, 2.05) is 25.1 Å². The number of rotatable bonds is 3. The van der Waals surface area contributed by atoms with Crippen molar-refractivity contribution in [1.29, 1.82) is 0 Å². The van der Waals surface area contributed by atoms with Gasteiger partial charge in [0.05, 0.1) is 0 Å². The third kappa shape index (κ3) is 2.67. The first kappa shape index (κ1) is 12.6. The van der Waals surface area contributed by atoms with Gasteiger partial charge in [0, 0.05) is 29.4 Å². The standard InChI is InChI=1S/C15H17NO2/c1-10-14(11(2)17)7-4-8-15(10)16-12-5-3-6-13(18)9-12/h4,7-9,16H,3,5-6H2,1-2H3. The minimum absolute atomic E-state index is 0.0600. The van der Waals surface area contributed by atoms with Gasteiger partial charge in [-0.1, -0.05) is 12.1 Å². The van der Waals surface area contributed by atoms with Crippen molar-refractivity contribution in [1.82, 2.24) is 0 Å². The molecular formula is C15H17NO2. The van der Waals surface area contributed by atoms with E-state index in [1.54, 1.807) is 13.0 Å². The summed E-state index contributed by atoms with van der Waals surface area (Å²) in [4.78, 5) is 22.8. The summed E-state index contributed by atoms with van der Waals surface area (Å²) in [5.74, 6) is 0.231. The summed E-state index contributed by atoms with van der Waals surface area (Å²) in [6.45, 7) is 3.49. The number of carbonyl (C=O) groups is 2. The van der Waals surface area contributed by atoms with Gasteiger partial charge >= 0.3 is 0 Å². The molecule has 1 aliphatic carbocycles. The van der Waals surface area contributed by atoms with E-state index >= 15 is 0 Å². The van der Waals surface area contributed by atoms with E-state index in [2.05, 4.69) is 5.32 Å². The number of hydrogen-bond donors (Lipinski definition) is 1. The van der Waals surface area contributed by atoms with Crippen LogP contribution in [0.2, 0.25) is 0 Å². The lowest BCUT2D eigenvalue weighted by Gasteiger charge is -2.17. The van der Waals surface area contributed by atoms with Gasteiger partial charge in [0.15, 0.2) is 11.6 Å². The third-order valence-corrected chi connectivity index (χ3v) is 3.21. The number of nitrogens with one attached hydrogen (secondary N) is 1. The Kier molecular flexibility index (Phi) is 3.60. The first-order valence-electron chi connectivity index (χ1n) is 6.19. The normalized spacial score (nSPS) is 15.2. The summed E-state index contributed by atoms with van der Waals surface area (Å²) < 4.78 is 0. The van der Waals surface area contributed by atoms with E-state index in [-0.39, 0.29) is 11.6 Å². The van der Waals surface area contributed by atoms with Crippen LogP contribution in [-0.2, 0) is 4.79 Å². The molecule has 0 radical (unpaired) electrons. The summed E-state index contributed by atoms with van der Waals surface area (Å²) in [6, 6.07) is 5.61. The average Bonchev–Trinajstić information content (AvgIpc) is 2.31. The Morgan fingerprint density at radius 1 is 1.28 bits per heavy atom. The molecule has 0 amide bonds. The summed E-state index contributed by atoms with van der Waals surface area (Å²) >= 11 is 0. The van der Waals surface area contributed by atoms with Crippen molar-refractivity contribution in [2.75, 3.05) is 5.32 Å². The Balaban J connectivity index is 2.27. The molecule has 1 aromatic rings. The minimum atomic E-state index is 0.0600. The molecule has 0 fully saturated rings. The summed E-state index contributed by atoms with van der Waals surface area (Å²) in [7, 11) is 0. The Labute approximate surface area is 107 Å². The van der Waals surface area contributed by atoms with Crippen LogP contribution in [0.15, 0.2) is 30.0 Å². The van der Waals surface area contributed by atoms with Gasteiger partial charge in [-0.25, -0.2) is 0 Å². The van der Waals surface area contributed by atoms with Crippen LogP contribution < -0.4 is 5.32 Å². The number of carbonyl (C=O) groups excluding carboxylic acids is 2. The minimum Gasteiger partial charge on any atom is -0.359 e. The molecule has 0 unspecified atom stereocenters. The van der Waals surface area contributed by atoms with Gasteiger partial charge in [-0.05, 0) is 38.3 Å². The highest BCUT2D eigenvalue weighted by Crippen LogP contribution is 2.24. The molecule has 2 rings (SSSR count). The summed E-state index contributed by atoms with van der Waals surface area (Å²) in [5.41, 5.74) is 3.50. The molecule has 0 heterocycles. The molecule has 0 atom stereocenters. The second-order valence-electron chi connectivity index (χ2n) is 4.65. The lowest BCUT2D eigenvalue weighted by atomic mass is 10.0. The smallest absolute Gasteiger partial charge is 0.160 e.